The van der Waals surface area contributed by atoms with Gasteiger partial charge in [-0.05, 0) is 105 Å². The number of aryl methyl sites for hydroxylation is 4. The Kier molecular flexibility index (Phi) is 13.0. The molecule has 0 radical (unpaired) electrons. The van der Waals surface area contributed by atoms with Crippen LogP contribution >= 0.6 is 0 Å². The number of rotatable bonds is 8. The first kappa shape index (κ1) is 28.6. The molecule has 3 rings (SSSR count). The first-order chi connectivity index (χ1) is 16.3. The highest BCUT2D eigenvalue weighted by atomic mass is 19.1. The molecular formula is C31H35F2N. The fourth-order valence-electron chi connectivity index (χ4n) is 3.73. The maximum atomic E-state index is 14.0. The number of nitrogens with zero attached hydrogens (tertiary/aromatic N) is 1. The van der Waals surface area contributed by atoms with Crippen LogP contribution < -0.4 is 0 Å². The van der Waals surface area contributed by atoms with Gasteiger partial charge in [-0.15, -0.1) is 12.3 Å². The van der Waals surface area contributed by atoms with Crippen LogP contribution in [0.25, 0.3) is 0 Å². The second-order valence-corrected chi connectivity index (χ2v) is 8.64. The van der Waals surface area contributed by atoms with Gasteiger partial charge in [0.1, 0.15) is 11.6 Å². The lowest BCUT2D eigenvalue weighted by Crippen LogP contribution is -2.04. The minimum absolute atomic E-state index is 0.101. The first-order valence-corrected chi connectivity index (χ1v) is 11.5. The van der Waals surface area contributed by atoms with Crippen molar-refractivity contribution >= 4 is 0 Å². The van der Waals surface area contributed by atoms with Gasteiger partial charge in [-0.3, -0.25) is 0 Å². The molecule has 178 valence electrons. The Hall–Kier alpha value is -3.43. The normalized spacial score (nSPS) is 10.7. The van der Waals surface area contributed by atoms with Crippen LogP contribution in [0.15, 0.2) is 60.7 Å². The van der Waals surface area contributed by atoms with Crippen LogP contribution in [-0.2, 0) is 19.3 Å². The van der Waals surface area contributed by atoms with Gasteiger partial charge in [-0.25, -0.2) is 14.0 Å². The van der Waals surface area contributed by atoms with Crippen LogP contribution in [0.3, 0.4) is 0 Å². The van der Waals surface area contributed by atoms with Crippen LogP contribution in [0.5, 0.6) is 0 Å². The summed E-state index contributed by atoms with van der Waals surface area (Å²) in [6.45, 7) is 11.4. The largest absolute Gasteiger partial charge is 0.207 e. The first-order valence-electron chi connectivity index (χ1n) is 11.5. The molecule has 0 spiro atoms. The summed E-state index contributed by atoms with van der Waals surface area (Å²) < 4.78 is 27.9. The van der Waals surface area contributed by atoms with E-state index in [4.69, 9.17) is 5.26 Å². The molecule has 0 bridgehead atoms. The van der Waals surface area contributed by atoms with Crippen LogP contribution in [0.1, 0.15) is 60.1 Å². The van der Waals surface area contributed by atoms with Gasteiger partial charge in [0.25, 0.3) is 0 Å². The molecule has 1 unspecified atom stereocenters. The summed E-state index contributed by atoms with van der Waals surface area (Å²) in [6, 6.07) is 19.0. The molecule has 0 saturated heterocycles. The Morgan fingerprint density at radius 1 is 0.794 bits per heavy atom. The van der Waals surface area contributed by atoms with Crippen molar-refractivity contribution in [2.24, 2.45) is 5.92 Å². The smallest absolute Gasteiger partial charge is 0.126 e. The lowest BCUT2D eigenvalue weighted by molar-refractivity contribution is 0.484. The highest BCUT2D eigenvalue weighted by molar-refractivity contribution is 5.34. The molecule has 0 heterocycles. The molecule has 1 atom stereocenters. The summed E-state index contributed by atoms with van der Waals surface area (Å²) in [5.74, 6) is 2.45. The second-order valence-electron chi connectivity index (χ2n) is 8.64. The maximum Gasteiger partial charge on any atom is 0.126 e. The Morgan fingerprint density at radius 2 is 1.32 bits per heavy atom. The van der Waals surface area contributed by atoms with Gasteiger partial charge < -0.3 is 0 Å². The minimum Gasteiger partial charge on any atom is -0.207 e. The summed E-state index contributed by atoms with van der Waals surface area (Å²) in [5, 5.41) is 6.50. The molecule has 3 aromatic carbocycles. The highest BCUT2D eigenvalue weighted by Crippen LogP contribution is 2.22. The zero-order chi connectivity index (χ0) is 25.5. The number of hydrogen-bond donors (Lipinski definition) is 0. The molecule has 1 nitrogen and oxygen atoms in total. The van der Waals surface area contributed by atoms with Crippen LogP contribution in [-0.4, -0.2) is 0 Å². The fourth-order valence-corrected chi connectivity index (χ4v) is 3.73. The highest BCUT2D eigenvalue weighted by Gasteiger charge is 2.10. The lowest BCUT2D eigenvalue weighted by atomic mass is 9.91. The standard InChI is InChI=1S/C27H30F2.C3H4.CHN/c1-19-4-9-22(10-5-19)17-25-18-26(28)15-14-23(25)11-6-20(2)7-12-24-13-8-21(3)16-27(24)29;1-3-2;1-2/h4-5,8-10,13-16,18,20H,6-7,11-12,17H2,1-3H3;1H,2H3;1H. The van der Waals surface area contributed by atoms with Crippen molar-refractivity contribution in [3.63, 3.8) is 0 Å². The number of halogens is 2. The molecule has 0 aliphatic rings. The third-order valence-electron chi connectivity index (χ3n) is 5.71. The van der Waals surface area contributed by atoms with Gasteiger partial charge in [-0.1, -0.05) is 55.0 Å². The summed E-state index contributed by atoms with van der Waals surface area (Å²) >= 11 is 0. The second kappa shape index (κ2) is 15.4. The monoisotopic (exact) mass is 459 g/mol. The third kappa shape index (κ3) is 10.0. The predicted octanol–water partition coefficient (Wildman–Crippen LogP) is 8.15. The average molecular weight is 460 g/mol. The van der Waals surface area contributed by atoms with Gasteiger partial charge >= 0.3 is 0 Å². The van der Waals surface area contributed by atoms with Crippen molar-refractivity contribution in [3.05, 3.63) is 106 Å². The van der Waals surface area contributed by atoms with E-state index in [2.05, 4.69) is 57.0 Å². The Bertz CT molecular complexity index is 1070. The average Bonchev–Trinajstić information content (AvgIpc) is 2.81. The molecule has 0 aromatic heterocycles. The summed E-state index contributed by atoms with van der Waals surface area (Å²) in [6.07, 6.45) is 8.98. The SMILES string of the molecule is C#CC.C#N.Cc1ccc(Cc2cc(F)ccc2CCC(C)CCc2ccc(C)cc2F)cc1. The van der Waals surface area contributed by atoms with E-state index >= 15 is 0 Å². The van der Waals surface area contributed by atoms with E-state index in [1.807, 2.05) is 25.1 Å². The van der Waals surface area contributed by atoms with Crippen molar-refractivity contribution in [1.82, 2.24) is 0 Å². The van der Waals surface area contributed by atoms with Crippen molar-refractivity contribution in [3.8, 4) is 18.9 Å². The number of hydrogen-bond acceptors (Lipinski definition) is 1. The Morgan fingerprint density at radius 3 is 1.91 bits per heavy atom. The summed E-state index contributed by atoms with van der Waals surface area (Å²) in [5.41, 5.74) is 6.45. The van der Waals surface area contributed by atoms with Gasteiger partial charge in [0.15, 0.2) is 0 Å². The molecule has 3 heteroatoms. The third-order valence-corrected chi connectivity index (χ3v) is 5.71. The molecule has 0 saturated carbocycles. The molecule has 34 heavy (non-hydrogen) atoms. The summed E-state index contributed by atoms with van der Waals surface area (Å²) in [7, 11) is 0. The molecule has 3 aromatic rings. The number of terminal acetylenes is 1. The van der Waals surface area contributed by atoms with Gasteiger partial charge in [-0.2, -0.15) is 0 Å². The lowest BCUT2D eigenvalue weighted by Gasteiger charge is -2.15. The van der Waals surface area contributed by atoms with Crippen molar-refractivity contribution in [2.45, 2.75) is 59.8 Å². The molecule has 0 amide bonds. The van der Waals surface area contributed by atoms with E-state index in [1.165, 1.54) is 16.7 Å². The Balaban J connectivity index is 0.00000107. The van der Waals surface area contributed by atoms with E-state index < -0.39 is 0 Å². The summed E-state index contributed by atoms with van der Waals surface area (Å²) in [4.78, 5) is 0. The number of nitriles is 1. The van der Waals surface area contributed by atoms with E-state index in [0.29, 0.717) is 5.92 Å². The fraction of sp³-hybridized carbons (Fsp3) is 0.323. The van der Waals surface area contributed by atoms with Crippen molar-refractivity contribution in [2.75, 3.05) is 0 Å². The van der Waals surface area contributed by atoms with E-state index in [9.17, 15) is 8.78 Å². The predicted molar refractivity (Wildman–Crippen MR) is 139 cm³/mol. The quantitative estimate of drug-likeness (QED) is 0.312. The van der Waals surface area contributed by atoms with Crippen LogP contribution in [0.4, 0.5) is 8.78 Å². The molecular weight excluding hydrogens is 424 g/mol. The Labute approximate surface area is 204 Å². The maximum absolute atomic E-state index is 14.0. The number of benzene rings is 3. The van der Waals surface area contributed by atoms with E-state index in [-0.39, 0.29) is 11.6 Å². The van der Waals surface area contributed by atoms with E-state index in [1.54, 1.807) is 25.1 Å². The van der Waals surface area contributed by atoms with Gasteiger partial charge in [0.2, 0.25) is 0 Å². The van der Waals surface area contributed by atoms with Gasteiger partial charge in [0, 0.05) is 6.57 Å². The van der Waals surface area contributed by atoms with Gasteiger partial charge in [0.05, 0.1) is 0 Å². The minimum atomic E-state index is -0.182. The van der Waals surface area contributed by atoms with Crippen LogP contribution in [0.2, 0.25) is 0 Å². The zero-order valence-electron chi connectivity index (χ0n) is 20.7. The van der Waals surface area contributed by atoms with Crippen molar-refractivity contribution < 1.29 is 8.78 Å². The molecule has 0 fully saturated rings. The molecule has 0 aliphatic carbocycles. The zero-order valence-corrected chi connectivity index (χ0v) is 20.7. The topological polar surface area (TPSA) is 23.8 Å². The molecule has 0 N–H and O–H groups in total. The van der Waals surface area contributed by atoms with E-state index in [0.717, 1.165) is 48.8 Å². The van der Waals surface area contributed by atoms with Crippen molar-refractivity contribution in [1.29, 1.82) is 5.26 Å². The molecule has 0 aliphatic heterocycles. The van der Waals surface area contributed by atoms with Crippen LogP contribution in [0, 0.1) is 55.6 Å².